The van der Waals surface area contributed by atoms with E-state index in [0.29, 0.717) is 49.9 Å². The molecule has 5 rings (SSSR count). The van der Waals surface area contributed by atoms with Gasteiger partial charge in [-0.3, -0.25) is 9.59 Å². The Balaban J connectivity index is 1.19. The summed E-state index contributed by atoms with van der Waals surface area (Å²) >= 11 is 6.00. The number of hydrogen-bond acceptors (Lipinski definition) is 6. The summed E-state index contributed by atoms with van der Waals surface area (Å²) in [5.74, 6) is 0.546. The van der Waals surface area contributed by atoms with E-state index in [1.54, 1.807) is 29.2 Å². The van der Waals surface area contributed by atoms with Crippen molar-refractivity contribution in [3.63, 3.8) is 0 Å². The van der Waals surface area contributed by atoms with Gasteiger partial charge in [0.05, 0.1) is 11.8 Å². The van der Waals surface area contributed by atoms with Crippen LogP contribution in [0.25, 0.3) is 11.3 Å². The van der Waals surface area contributed by atoms with E-state index in [1.165, 1.54) is 5.56 Å². The zero-order valence-corrected chi connectivity index (χ0v) is 22.3. The molecule has 0 N–H and O–H groups in total. The number of nitrogens with zero attached hydrogens (tertiary/aromatic N) is 5. The molecule has 0 saturated carbocycles. The number of amides is 2. The lowest BCUT2D eigenvalue weighted by Gasteiger charge is -2.36. The van der Waals surface area contributed by atoms with E-state index >= 15 is 0 Å². The van der Waals surface area contributed by atoms with Crippen LogP contribution in [0, 0.1) is 6.92 Å². The largest absolute Gasteiger partial charge is 0.376 e. The van der Waals surface area contributed by atoms with Gasteiger partial charge in [0.1, 0.15) is 6.54 Å². The van der Waals surface area contributed by atoms with Gasteiger partial charge < -0.3 is 19.4 Å². The quantitative estimate of drug-likeness (QED) is 0.455. The highest BCUT2D eigenvalue weighted by Crippen LogP contribution is 2.21. The maximum absolute atomic E-state index is 13.3. The second-order valence-corrected chi connectivity index (χ2v) is 10.3. The average molecular weight is 534 g/mol. The number of carbonyl (C=O) groups is 2. The molecular weight excluding hydrogens is 502 g/mol. The zero-order chi connectivity index (χ0) is 26.5. The van der Waals surface area contributed by atoms with Crippen LogP contribution < -0.4 is 4.90 Å². The van der Waals surface area contributed by atoms with E-state index in [-0.39, 0.29) is 24.5 Å². The summed E-state index contributed by atoms with van der Waals surface area (Å²) in [5, 5.41) is 9.41. The molecular formula is C29H32ClN5O3. The Morgan fingerprint density at radius 2 is 1.71 bits per heavy atom. The number of ether oxygens (including phenoxy) is 1. The van der Waals surface area contributed by atoms with Crippen LogP contribution >= 0.6 is 11.6 Å². The number of benzene rings is 2. The van der Waals surface area contributed by atoms with Crippen molar-refractivity contribution in [1.82, 2.24) is 20.0 Å². The number of aryl methyl sites for hydroxylation is 1. The lowest BCUT2D eigenvalue weighted by atomic mass is 10.1. The van der Waals surface area contributed by atoms with Crippen molar-refractivity contribution in [2.45, 2.75) is 25.9 Å². The van der Waals surface area contributed by atoms with Crippen molar-refractivity contribution >= 4 is 29.2 Å². The Morgan fingerprint density at radius 3 is 2.34 bits per heavy atom. The monoisotopic (exact) mass is 533 g/mol. The molecule has 3 aromatic rings. The predicted octanol–water partition coefficient (Wildman–Crippen LogP) is 4.08. The molecule has 1 aromatic heterocycles. The van der Waals surface area contributed by atoms with Gasteiger partial charge in [-0.2, -0.15) is 0 Å². The van der Waals surface area contributed by atoms with Crippen molar-refractivity contribution in [3.05, 3.63) is 76.8 Å². The summed E-state index contributed by atoms with van der Waals surface area (Å²) in [6, 6.07) is 18.9. The van der Waals surface area contributed by atoms with Crippen LogP contribution in [0.2, 0.25) is 5.02 Å². The fourth-order valence-electron chi connectivity index (χ4n) is 4.85. The van der Waals surface area contributed by atoms with Crippen LogP contribution in [0.15, 0.2) is 60.7 Å². The van der Waals surface area contributed by atoms with Crippen molar-refractivity contribution in [2.75, 3.05) is 50.8 Å². The van der Waals surface area contributed by atoms with Crippen LogP contribution in [-0.4, -0.2) is 83.8 Å². The molecule has 2 aliphatic rings. The Morgan fingerprint density at radius 1 is 0.974 bits per heavy atom. The van der Waals surface area contributed by atoms with Crippen LogP contribution in [-0.2, 0) is 9.53 Å². The summed E-state index contributed by atoms with van der Waals surface area (Å²) in [5.41, 5.74) is 3.58. The first-order chi connectivity index (χ1) is 18.5. The second-order valence-electron chi connectivity index (χ2n) is 9.84. The van der Waals surface area contributed by atoms with Crippen molar-refractivity contribution in [3.8, 4) is 11.3 Å². The van der Waals surface area contributed by atoms with Gasteiger partial charge >= 0.3 is 0 Å². The molecule has 2 amide bonds. The minimum atomic E-state index is -0.187. The number of hydrogen-bond donors (Lipinski definition) is 0. The first-order valence-corrected chi connectivity index (χ1v) is 13.4. The highest BCUT2D eigenvalue weighted by Gasteiger charge is 2.28. The maximum atomic E-state index is 13.3. The Labute approximate surface area is 228 Å². The standard InChI is InChI=1S/C29H32ClN5O3/c1-21-4-6-22(7-5-21)26-12-13-27(32-31-26)33-14-16-34(17-15-33)28(36)20-35(19-25-3-2-18-38-25)29(37)23-8-10-24(30)11-9-23/h4-13,25H,2-3,14-20H2,1H3. The number of carbonyl (C=O) groups excluding carboxylic acids is 2. The van der Waals surface area contributed by atoms with Crippen molar-refractivity contribution in [1.29, 1.82) is 0 Å². The number of anilines is 1. The number of halogens is 1. The molecule has 9 heteroatoms. The Hall–Kier alpha value is -3.49. The molecule has 2 fully saturated rings. The SMILES string of the molecule is Cc1ccc(-c2ccc(N3CCN(C(=O)CN(CC4CCCO4)C(=O)c4ccc(Cl)cc4)CC3)nn2)cc1. The van der Waals surface area contributed by atoms with Crippen molar-refractivity contribution in [2.24, 2.45) is 0 Å². The summed E-state index contributed by atoms with van der Waals surface area (Å²) in [4.78, 5) is 32.1. The molecule has 1 unspecified atom stereocenters. The molecule has 198 valence electrons. The topological polar surface area (TPSA) is 78.9 Å². The van der Waals surface area contributed by atoms with Gasteiger partial charge in [0.15, 0.2) is 5.82 Å². The van der Waals surface area contributed by atoms with Gasteiger partial charge in [0.2, 0.25) is 5.91 Å². The van der Waals surface area contributed by atoms with Gasteiger partial charge in [-0.15, -0.1) is 10.2 Å². The molecule has 8 nitrogen and oxygen atoms in total. The molecule has 2 aliphatic heterocycles. The van der Waals surface area contributed by atoms with Crippen LogP contribution in [0.3, 0.4) is 0 Å². The van der Waals surface area contributed by atoms with Crippen LogP contribution in [0.5, 0.6) is 0 Å². The molecule has 2 saturated heterocycles. The van der Waals surface area contributed by atoms with Crippen LogP contribution in [0.4, 0.5) is 5.82 Å². The zero-order valence-electron chi connectivity index (χ0n) is 21.6. The second kappa shape index (κ2) is 11.9. The highest BCUT2D eigenvalue weighted by atomic mass is 35.5. The molecule has 0 radical (unpaired) electrons. The molecule has 0 aliphatic carbocycles. The molecule has 3 heterocycles. The number of aromatic nitrogens is 2. The normalized spacial score (nSPS) is 17.5. The third-order valence-electron chi connectivity index (χ3n) is 7.11. The molecule has 38 heavy (non-hydrogen) atoms. The van der Waals surface area contributed by atoms with E-state index in [1.807, 2.05) is 29.2 Å². The van der Waals surface area contributed by atoms with E-state index in [4.69, 9.17) is 16.3 Å². The number of rotatable bonds is 7. The minimum absolute atomic E-state index is 0.0202. The summed E-state index contributed by atoms with van der Waals surface area (Å²) < 4.78 is 5.76. The fraction of sp³-hybridized carbons (Fsp3) is 0.379. The van der Waals surface area contributed by atoms with Crippen molar-refractivity contribution < 1.29 is 14.3 Å². The Bertz CT molecular complexity index is 1240. The maximum Gasteiger partial charge on any atom is 0.254 e. The summed E-state index contributed by atoms with van der Waals surface area (Å²) in [6.45, 7) is 5.59. The smallest absolute Gasteiger partial charge is 0.254 e. The van der Waals surface area contributed by atoms with Gasteiger partial charge in [0.25, 0.3) is 5.91 Å². The first kappa shape index (κ1) is 26.1. The van der Waals surface area contributed by atoms with E-state index in [9.17, 15) is 9.59 Å². The third kappa shape index (κ3) is 6.31. The predicted molar refractivity (Wildman–Crippen MR) is 147 cm³/mol. The fourth-order valence-corrected chi connectivity index (χ4v) is 4.97. The molecule has 2 aromatic carbocycles. The van der Waals surface area contributed by atoms with Gasteiger partial charge in [-0.25, -0.2) is 0 Å². The van der Waals surface area contributed by atoms with Gasteiger partial charge in [-0.1, -0.05) is 41.4 Å². The lowest BCUT2D eigenvalue weighted by Crippen LogP contribution is -2.52. The average Bonchev–Trinajstić information content (AvgIpc) is 3.47. The van der Waals surface area contributed by atoms with Gasteiger partial charge in [-0.05, 0) is 56.2 Å². The van der Waals surface area contributed by atoms with E-state index in [0.717, 1.165) is 29.9 Å². The lowest BCUT2D eigenvalue weighted by molar-refractivity contribution is -0.132. The summed E-state index contributed by atoms with van der Waals surface area (Å²) in [7, 11) is 0. The van der Waals surface area contributed by atoms with E-state index in [2.05, 4.69) is 34.2 Å². The summed E-state index contributed by atoms with van der Waals surface area (Å²) in [6.07, 6.45) is 1.82. The highest BCUT2D eigenvalue weighted by molar-refractivity contribution is 6.30. The first-order valence-electron chi connectivity index (χ1n) is 13.1. The Kier molecular flexibility index (Phi) is 8.20. The van der Waals surface area contributed by atoms with E-state index < -0.39 is 0 Å². The van der Waals surface area contributed by atoms with Crippen LogP contribution in [0.1, 0.15) is 28.8 Å². The third-order valence-corrected chi connectivity index (χ3v) is 7.36. The molecule has 0 spiro atoms. The molecule has 1 atom stereocenters. The molecule has 0 bridgehead atoms. The minimum Gasteiger partial charge on any atom is -0.376 e. The van der Waals surface area contributed by atoms with Gasteiger partial charge in [0, 0.05) is 55.5 Å². The number of piperazine rings is 1.